The summed E-state index contributed by atoms with van der Waals surface area (Å²) in [6.07, 6.45) is 1.03. The monoisotopic (exact) mass is 133 g/mol. The Labute approximate surface area is 56.1 Å². The van der Waals surface area contributed by atoms with Gasteiger partial charge in [0.25, 0.3) is 0 Å². The van der Waals surface area contributed by atoms with Crippen LogP contribution in [0.2, 0.25) is 0 Å². The highest BCUT2D eigenvalue weighted by Crippen LogP contribution is 1.94. The lowest BCUT2D eigenvalue weighted by Crippen LogP contribution is -2.20. The van der Waals surface area contributed by atoms with Crippen molar-refractivity contribution in [2.45, 2.75) is 12.5 Å². The maximum atomic E-state index is 5.30. The first-order valence-electron chi connectivity index (χ1n) is 3.07. The summed E-state index contributed by atoms with van der Waals surface area (Å²) in [6, 6.07) is 0. The highest BCUT2D eigenvalue weighted by molar-refractivity contribution is 4.54. The van der Waals surface area contributed by atoms with Crippen LogP contribution >= 0.6 is 0 Å². The number of rotatable bonds is 5. The Morgan fingerprint density at radius 2 is 2.11 bits per heavy atom. The molecule has 0 heterocycles. The van der Waals surface area contributed by atoms with Gasteiger partial charge < -0.3 is 15.2 Å². The third kappa shape index (κ3) is 4.39. The summed E-state index contributed by atoms with van der Waals surface area (Å²) in [6.45, 7) is 1.29. The summed E-state index contributed by atoms with van der Waals surface area (Å²) in [5.41, 5.74) is 5.30. The summed E-state index contributed by atoms with van der Waals surface area (Å²) in [5, 5.41) is 0. The van der Waals surface area contributed by atoms with Crippen LogP contribution in [0.15, 0.2) is 0 Å². The topological polar surface area (TPSA) is 44.5 Å². The molecule has 0 aliphatic carbocycles. The number of hydrogen-bond donors (Lipinski definition) is 1. The highest BCUT2D eigenvalue weighted by atomic mass is 16.5. The van der Waals surface area contributed by atoms with E-state index >= 15 is 0 Å². The van der Waals surface area contributed by atoms with E-state index in [0.29, 0.717) is 13.2 Å². The molecule has 0 radical (unpaired) electrons. The Morgan fingerprint density at radius 3 is 2.44 bits per heavy atom. The molecule has 56 valence electrons. The Bertz CT molecular complexity index is 53.0. The van der Waals surface area contributed by atoms with E-state index in [0.717, 1.165) is 6.42 Å². The number of methoxy groups -OCH3 is 2. The molecule has 2 N–H and O–H groups in total. The standard InChI is InChI=1S/C6H15NO2/c1-8-5-6(9-2)3-4-7/h6H,3-5,7H2,1-2H3/t6-/m0/s1. The van der Waals surface area contributed by atoms with Crippen molar-refractivity contribution in [3.63, 3.8) is 0 Å². The summed E-state index contributed by atoms with van der Waals surface area (Å²) in [4.78, 5) is 0. The fourth-order valence-corrected chi connectivity index (χ4v) is 0.641. The first-order valence-corrected chi connectivity index (χ1v) is 3.07. The molecular formula is C6H15NO2. The maximum absolute atomic E-state index is 5.30. The van der Waals surface area contributed by atoms with Gasteiger partial charge in [-0.25, -0.2) is 0 Å². The molecule has 0 aromatic heterocycles. The average Bonchev–Trinajstić information content (AvgIpc) is 1.88. The van der Waals surface area contributed by atoms with E-state index in [1.54, 1.807) is 14.2 Å². The van der Waals surface area contributed by atoms with Crippen molar-refractivity contribution in [2.24, 2.45) is 5.73 Å². The molecule has 0 bridgehead atoms. The minimum Gasteiger partial charge on any atom is -0.382 e. The number of hydrogen-bond acceptors (Lipinski definition) is 3. The summed E-state index contributed by atoms with van der Waals surface area (Å²) >= 11 is 0. The predicted octanol–water partition coefficient (Wildman–Crippen LogP) is -0.00340. The molecule has 0 aliphatic rings. The van der Waals surface area contributed by atoms with Crippen LogP contribution in [0, 0.1) is 0 Å². The molecule has 0 spiro atoms. The Hall–Kier alpha value is -0.120. The Morgan fingerprint density at radius 1 is 1.44 bits per heavy atom. The predicted molar refractivity (Wildman–Crippen MR) is 36.3 cm³/mol. The molecule has 0 aliphatic heterocycles. The van der Waals surface area contributed by atoms with Gasteiger partial charge in [-0.3, -0.25) is 0 Å². The van der Waals surface area contributed by atoms with Gasteiger partial charge in [-0.15, -0.1) is 0 Å². The van der Waals surface area contributed by atoms with Gasteiger partial charge in [0.15, 0.2) is 0 Å². The maximum Gasteiger partial charge on any atom is 0.0816 e. The summed E-state index contributed by atoms with van der Waals surface area (Å²) < 4.78 is 9.89. The fraction of sp³-hybridized carbons (Fsp3) is 1.00. The second kappa shape index (κ2) is 6.01. The molecule has 0 saturated heterocycles. The van der Waals surface area contributed by atoms with Crippen LogP contribution < -0.4 is 5.73 Å². The van der Waals surface area contributed by atoms with Gasteiger partial charge in [-0.05, 0) is 13.0 Å². The second-order valence-corrected chi connectivity index (χ2v) is 1.89. The van der Waals surface area contributed by atoms with E-state index in [4.69, 9.17) is 15.2 Å². The zero-order valence-corrected chi connectivity index (χ0v) is 6.09. The lowest BCUT2D eigenvalue weighted by molar-refractivity contribution is 0.0250. The van der Waals surface area contributed by atoms with Crippen LogP contribution in [0.4, 0.5) is 0 Å². The van der Waals surface area contributed by atoms with Crippen LogP contribution in [0.5, 0.6) is 0 Å². The van der Waals surface area contributed by atoms with Crippen molar-refractivity contribution in [3.05, 3.63) is 0 Å². The zero-order valence-electron chi connectivity index (χ0n) is 6.09. The lowest BCUT2D eigenvalue weighted by Gasteiger charge is -2.11. The van der Waals surface area contributed by atoms with E-state index in [-0.39, 0.29) is 6.10 Å². The van der Waals surface area contributed by atoms with Crippen molar-refractivity contribution in [3.8, 4) is 0 Å². The quantitative estimate of drug-likeness (QED) is 0.574. The molecule has 3 heteroatoms. The molecule has 0 unspecified atom stereocenters. The van der Waals surface area contributed by atoms with E-state index < -0.39 is 0 Å². The van der Waals surface area contributed by atoms with Crippen LogP contribution in [0.3, 0.4) is 0 Å². The summed E-state index contributed by atoms with van der Waals surface area (Å²) in [7, 11) is 3.32. The van der Waals surface area contributed by atoms with Crippen LogP contribution in [-0.4, -0.2) is 33.5 Å². The van der Waals surface area contributed by atoms with Crippen LogP contribution in [-0.2, 0) is 9.47 Å². The van der Waals surface area contributed by atoms with E-state index in [1.165, 1.54) is 0 Å². The van der Waals surface area contributed by atoms with Crippen molar-refractivity contribution in [2.75, 3.05) is 27.4 Å². The van der Waals surface area contributed by atoms with Gasteiger partial charge >= 0.3 is 0 Å². The zero-order chi connectivity index (χ0) is 7.11. The fourth-order valence-electron chi connectivity index (χ4n) is 0.641. The van der Waals surface area contributed by atoms with Gasteiger partial charge in [-0.2, -0.15) is 0 Å². The minimum atomic E-state index is 0.167. The molecule has 1 atom stereocenters. The number of nitrogens with two attached hydrogens (primary N) is 1. The van der Waals surface area contributed by atoms with Gasteiger partial charge in [0.1, 0.15) is 0 Å². The molecule has 0 amide bonds. The van der Waals surface area contributed by atoms with Gasteiger partial charge in [-0.1, -0.05) is 0 Å². The van der Waals surface area contributed by atoms with E-state index in [1.807, 2.05) is 0 Å². The Balaban J connectivity index is 3.18. The Kier molecular flexibility index (Phi) is 5.93. The lowest BCUT2D eigenvalue weighted by atomic mass is 10.3. The highest BCUT2D eigenvalue weighted by Gasteiger charge is 2.03. The smallest absolute Gasteiger partial charge is 0.0816 e. The normalized spacial score (nSPS) is 13.7. The van der Waals surface area contributed by atoms with Crippen LogP contribution in [0.25, 0.3) is 0 Å². The minimum absolute atomic E-state index is 0.167. The largest absolute Gasteiger partial charge is 0.382 e. The van der Waals surface area contributed by atoms with Gasteiger partial charge in [0, 0.05) is 14.2 Å². The summed E-state index contributed by atoms with van der Waals surface area (Å²) in [5.74, 6) is 0. The molecule has 0 aromatic carbocycles. The van der Waals surface area contributed by atoms with E-state index in [2.05, 4.69) is 0 Å². The van der Waals surface area contributed by atoms with Gasteiger partial charge in [0.05, 0.1) is 12.7 Å². The SMILES string of the molecule is COC[C@H](CCN)OC. The van der Waals surface area contributed by atoms with Crippen molar-refractivity contribution in [1.29, 1.82) is 0 Å². The van der Waals surface area contributed by atoms with Crippen molar-refractivity contribution >= 4 is 0 Å². The van der Waals surface area contributed by atoms with Crippen molar-refractivity contribution in [1.82, 2.24) is 0 Å². The molecule has 0 fully saturated rings. The first kappa shape index (κ1) is 8.88. The van der Waals surface area contributed by atoms with Crippen molar-refractivity contribution < 1.29 is 9.47 Å². The van der Waals surface area contributed by atoms with Crippen LogP contribution in [0.1, 0.15) is 6.42 Å². The average molecular weight is 133 g/mol. The van der Waals surface area contributed by atoms with E-state index in [9.17, 15) is 0 Å². The second-order valence-electron chi connectivity index (χ2n) is 1.89. The number of ether oxygens (including phenoxy) is 2. The third-order valence-electron chi connectivity index (χ3n) is 1.17. The third-order valence-corrected chi connectivity index (χ3v) is 1.17. The molecular weight excluding hydrogens is 118 g/mol. The molecule has 3 nitrogen and oxygen atoms in total. The molecule has 0 saturated carbocycles. The first-order chi connectivity index (χ1) is 4.35. The molecule has 9 heavy (non-hydrogen) atoms. The van der Waals surface area contributed by atoms with Gasteiger partial charge in [0.2, 0.25) is 0 Å². The molecule has 0 aromatic rings. The molecule has 0 rings (SSSR count).